The molecule has 0 unspecified atom stereocenters. The van der Waals surface area contributed by atoms with E-state index in [9.17, 15) is 120 Å². The Kier molecular flexibility index (Phi) is 27.3. The standard InChI is InChI=1S/C35H35NO13.2C17H21NO8/c1-36-34(45)35(46)18-29(47-14-2-3-20-4-9-23(37)26(40)15-20)33(49-32(44)13-8-22-6-11-25(39)28(42)17-22)30(19-35)48-31(43)12-7-21-5-10-24(38)27(41)16-21;2*1-18-16(24)17(25)7-12(21)15(23)13(8-17)26-14(22)5-3-9-2-4-10(19)11(20)6-9/h2-13,15-17,29-30,33,37-42,46H,14,18-19H2,1H3,(H,36,45);2*2-6,12-13,15,19-21,23,25H,7-8H2,1H3,(H,18,24)/b3-2+,12-7+,13-8+;2*5-3+/t29-,30-,33-,35+;12-,13-,15+,17-;12-,13-,15-,17+/m111/s1. The summed E-state index contributed by atoms with van der Waals surface area (Å²) in [7, 11) is 3.93. The minimum atomic E-state index is -2.12. The van der Waals surface area contributed by atoms with E-state index in [4.69, 9.17) is 23.7 Å². The van der Waals surface area contributed by atoms with Gasteiger partial charge in [-0.1, -0.05) is 42.5 Å². The summed E-state index contributed by atoms with van der Waals surface area (Å²) < 4.78 is 27.3. The van der Waals surface area contributed by atoms with Crippen molar-refractivity contribution in [2.75, 3.05) is 27.7 Å². The maximum absolute atomic E-state index is 13.0. The monoisotopic (exact) mass is 1410 g/mol. The van der Waals surface area contributed by atoms with Crippen molar-refractivity contribution in [3.63, 3.8) is 0 Å². The van der Waals surface area contributed by atoms with Crippen LogP contribution in [0.5, 0.6) is 57.5 Å². The van der Waals surface area contributed by atoms with E-state index in [1.807, 2.05) is 0 Å². The summed E-state index contributed by atoms with van der Waals surface area (Å²) in [6, 6.07) is 19.7. The summed E-state index contributed by atoms with van der Waals surface area (Å²) in [4.78, 5) is 86.3. The van der Waals surface area contributed by atoms with Gasteiger partial charge < -0.3 is 126 Å². The lowest BCUT2D eigenvalue weighted by Crippen LogP contribution is -2.60. The molecule has 3 saturated carbocycles. The van der Waals surface area contributed by atoms with Gasteiger partial charge in [-0.25, -0.2) is 19.2 Å². The first-order valence-electron chi connectivity index (χ1n) is 30.6. The summed E-state index contributed by atoms with van der Waals surface area (Å²) in [5, 5.41) is 174. The highest BCUT2D eigenvalue weighted by Crippen LogP contribution is 2.38. The van der Waals surface area contributed by atoms with Crippen LogP contribution in [0.4, 0.5) is 0 Å². The molecule has 0 heterocycles. The smallest absolute Gasteiger partial charge is 0.331 e. The number of esters is 4. The van der Waals surface area contributed by atoms with Gasteiger partial charge >= 0.3 is 23.9 Å². The van der Waals surface area contributed by atoms with E-state index in [0.717, 1.165) is 24.3 Å². The molecule has 3 aliphatic rings. The van der Waals surface area contributed by atoms with Crippen LogP contribution in [0.2, 0.25) is 0 Å². The predicted octanol–water partition coefficient (Wildman–Crippen LogP) is 0.871. The topological polar surface area (TPSA) is 546 Å². The number of phenolic OH excluding ortho intramolecular Hbond substituents is 10. The molecule has 32 heteroatoms. The highest BCUT2D eigenvalue weighted by atomic mass is 16.6. The molecule has 0 saturated heterocycles. The SMILES string of the molecule is CNC(=O)[C@@]1(O)C[C@@H](O)[C@H](O)[C@H](OC(=O)/C=C/c2ccc(O)c(O)c2)C1.CNC(=O)[C@]1(O)C[C@@H](O)[C@@H](O)[C@H](OC(=O)/C=C/c2ccc(O)c(O)c2)C1.CNC(=O)[C@]1(O)C[C@@H](OC/C=C/c2ccc(O)c(O)c2)[C@@H](OC(=O)/C=C/c2ccc(O)c(O)c2)[C@H](OC(=O)/C=C/c2ccc(O)c(O)c2)C1. The number of phenols is 10. The molecule has 3 aliphatic carbocycles. The van der Waals surface area contributed by atoms with E-state index in [1.165, 1.54) is 143 Å². The van der Waals surface area contributed by atoms with Crippen molar-refractivity contribution in [1.82, 2.24) is 16.0 Å². The number of hydrogen-bond acceptors (Lipinski definition) is 29. The van der Waals surface area contributed by atoms with Gasteiger partial charge in [-0.15, -0.1) is 0 Å². The van der Waals surface area contributed by atoms with Crippen LogP contribution < -0.4 is 16.0 Å². The van der Waals surface area contributed by atoms with Gasteiger partial charge in [0.05, 0.1) is 18.8 Å². The van der Waals surface area contributed by atoms with Gasteiger partial charge in [0.1, 0.15) is 53.4 Å². The minimum absolute atomic E-state index is 0.155. The average Bonchev–Trinajstić information content (AvgIpc) is 0.785. The fraction of sp³-hybridized carbons (Fsp3) is 0.319. The third kappa shape index (κ3) is 21.9. The van der Waals surface area contributed by atoms with E-state index in [1.54, 1.807) is 6.08 Å². The molecule has 8 rings (SSSR count). The van der Waals surface area contributed by atoms with E-state index in [2.05, 4.69) is 16.0 Å². The maximum Gasteiger partial charge on any atom is 0.331 e. The van der Waals surface area contributed by atoms with Crippen LogP contribution in [0.25, 0.3) is 30.4 Å². The van der Waals surface area contributed by atoms with E-state index < -0.39 is 131 Å². The summed E-state index contributed by atoms with van der Waals surface area (Å²) in [6.07, 6.45) is -2.36. The predicted molar refractivity (Wildman–Crippen MR) is 352 cm³/mol. The lowest BCUT2D eigenvalue weighted by Gasteiger charge is -2.43. The van der Waals surface area contributed by atoms with Crippen molar-refractivity contribution in [3.8, 4) is 57.5 Å². The van der Waals surface area contributed by atoms with Gasteiger partial charge in [-0.05, 0) is 113 Å². The third-order valence-corrected chi connectivity index (χ3v) is 15.9. The fourth-order valence-corrected chi connectivity index (χ4v) is 10.6. The van der Waals surface area contributed by atoms with Gasteiger partial charge in [-0.2, -0.15) is 0 Å². The van der Waals surface area contributed by atoms with Crippen LogP contribution in [0.15, 0.2) is 121 Å². The number of carbonyl (C=O) groups excluding carboxylic acids is 7. The number of likely N-dealkylation sites (N-methyl/N-ethyl adjacent to an activating group) is 3. The Hall–Kier alpha value is -11.2. The number of aliphatic hydroxyl groups excluding tert-OH is 4. The molecule has 0 spiro atoms. The molecule has 12 atom stereocenters. The van der Waals surface area contributed by atoms with Gasteiger partial charge in [0.15, 0.2) is 63.6 Å². The zero-order valence-electron chi connectivity index (χ0n) is 54.1. The number of aromatic hydroxyl groups is 10. The van der Waals surface area contributed by atoms with Crippen LogP contribution >= 0.6 is 0 Å². The third-order valence-electron chi connectivity index (χ3n) is 15.9. The van der Waals surface area contributed by atoms with Crippen molar-refractivity contribution < 1.29 is 144 Å². The number of hydrogen-bond donors (Lipinski definition) is 20. The first-order chi connectivity index (χ1) is 47.6. The molecule has 20 N–H and O–H groups in total. The molecular formula is C69H77N3O29. The molecule has 542 valence electrons. The van der Waals surface area contributed by atoms with Crippen molar-refractivity contribution in [2.24, 2.45) is 0 Å². The Balaban J connectivity index is 0.000000260. The molecule has 0 aromatic heterocycles. The molecule has 3 fully saturated rings. The Morgan fingerprint density at radius 2 is 0.624 bits per heavy atom. The maximum atomic E-state index is 13.0. The second kappa shape index (κ2) is 35.0. The number of nitrogens with one attached hydrogen (secondary N) is 3. The normalized spacial score (nSPS) is 24.9. The first-order valence-corrected chi connectivity index (χ1v) is 30.6. The van der Waals surface area contributed by atoms with Gasteiger partial charge in [0.2, 0.25) is 0 Å². The van der Waals surface area contributed by atoms with E-state index in [0.29, 0.717) is 27.8 Å². The number of amides is 3. The molecule has 3 amide bonds. The minimum Gasteiger partial charge on any atom is -0.504 e. The second-order valence-corrected chi connectivity index (χ2v) is 23.3. The van der Waals surface area contributed by atoms with Crippen molar-refractivity contribution in [1.29, 1.82) is 0 Å². The molecule has 0 bridgehead atoms. The molecule has 101 heavy (non-hydrogen) atoms. The highest BCUT2D eigenvalue weighted by molar-refractivity contribution is 5.91. The van der Waals surface area contributed by atoms with Gasteiger partial charge in [-0.3, -0.25) is 14.4 Å². The second-order valence-electron chi connectivity index (χ2n) is 23.3. The Morgan fingerprint density at radius 3 is 0.921 bits per heavy atom. The van der Waals surface area contributed by atoms with Crippen LogP contribution in [-0.4, -0.2) is 228 Å². The van der Waals surface area contributed by atoms with E-state index >= 15 is 0 Å². The molecule has 0 radical (unpaired) electrons. The Bertz CT molecular complexity index is 3840. The summed E-state index contributed by atoms with van der Waals surface area (Å²) >= 11 is 0. The Labute approximate surface area is 574 Å². The molecule has 5 aromatic rings. The summed E-state index contributed by atoms with van der Waals surface area (Å²) in [5.74, 6) is -9.48. The van der Waals surface area contributed by atoms with Crippen LogP contribution in [0, 0.1) is 0 Å². The van der Waals surface area contributed by atoms with E-state index in [-0.39, 0.29) is 84.7 Å². The molecule has 5 aromatic carbocycles. The van der Waals surface area contributed by atoms with Crippen LogP contribution in [0.3, 0.4) is 0 Å². The molecule has 32 nitrogen and oxygen atoms in total. The van der Waals surface area contributed by atoms with Crippen LogP contribution in [-0.2, 0) is 57.2 Å². The number of aliphatic hydroxyl groups is 7. The average molecular weight is 1410 g/mol. The summed E-state index contributed by atoms with van der Waals surface area (Å²) in [6.45, 7) is -0.155. The highest BCUT2D eigenvalue weighted by Gasteiger charge is 2.54. The first kappa shape index (κ1) is 78.8. The number of rotatable bonds is 19. The lowest BCUT2D eigenvalue weighted by molar-refractivity contribution is -0.204. The fourth-order valence-electron chi connectivity index (χ4n) is 10.6. The number of carbonyl (C=O) groups is 7. The quantitative estimate of drug-likeness (QED) is 0.0236. The Morgan fingerprint density at radius 1 is 0.366 bits per heavy atom. The van der Waals surface area contributed by atoms with Crippen LogP contribution in [0.1, 0.15) is 66.3 Å². The molecular weight excluding hydrogens is 1330 g/mol. The van der Waals surface area contributed by atoms with Crippen molar-refractivity contribution in [3.05, 3.63) is 149 Å². The zero-order chi connectivity index (χ0) is 74.7. The van der Waals surface area contributed by atoms with Crippen molar-refractivity contribution in [2.45, 2.75) is 110 Å². The zero-order valence-corrected chi connectivity index (χ0v) is 54.1. The van der Waals surface area contributed by atoms with Gasteiger partial charge in [0, 0.05) is 84.0 Å². The summed E-state index contributed by atoms with van der Waals surface area (Å²) in [5.41, 5.74) is -4.05. The lowest BCUT2D eigenvalue weighted by atomic mass is 9.78. The number of ether oxygens (including phenoxy) is 5. The number of benzene rings is 5. The van der Waals surface area contributed by atoms with Gasteiger partial charge in [0.25, 0.3) is 17.7 Å². The largest absolute Gasteiger partial charge is 0.504 e. The van der Waals surface area contributed by atoms with Crippen molar-refractivity contribution >= 4 is 72.0 Å². The molecule has 0 aliphatic heterocycles.